The molecule has 4 heteroatoms. The molecule has 1 atom stereocenters. The molecule has 0 saturated carbocycles. The van der Waals surface area contributed by atoms with Crippen molar-refractivity contribution >= 4 is 21.8 Å². The van der Waals surface area contributed by atoms with Crippen LogP contribution in [-0.4, -0.2) is 11.9 Å². The molecule has 0 aliphatic carbocycles. The molecule has 0 fully saturated rings. The summed E-state index contributed by atoms with van der Waals surface area (Å²) >= 11 is 3.43. The summed E-state index contributed by atoms with van der Waals surface area (Å²) in [5.74, 6) is 0.915. The van der Waals surface area contributed by atoms with Gasteiger partial charge in [0.2, 0.25) is 0 Å². The standard InChI is InChI=1S/C16H18BrNO2/c1-11-10-13(6-8-15(11)17)16(19)18-12(2)5-7-14-4-3-9-20-14/h3-4,6,8-10,12H,5,7H2,1-2H3,(H,18,19). The van der Waals surface area contributed by atoms with Crippen LogP contribution in [0.1, 0.15) is 35.0 Å². The first kappa shape index (κ1) is 14.9. The Bertz CT molecular complexity index is 578. The van der Waals surface area contributed by atoms with Crippen LogP contribution >= 0.6 is 15.9 Å². The van der Waals surface area contributed by atoms with E-state index in [2.05, 4.69) is 21.2 Å². The molecular weight excluding hydrogens is 318 g/mol. The third kappa shape index (κ3) is 3.97. The van der Waals surface area contributed by atoms with Crippen molar-refractivity contribution < 1.29 is 9.21 Å². The molecule has 1 aromatic carbocycles. The van der Waals surface area contributed by atoms with Gasteiger partial charge in [0.25, 0.3) is 5.91 Å². The van der Waals surface area contributed by atoms with Crippen molar-refractivity contribution in [3.8, 4) is 0 Å². The van der Waals surface area contributed by atoms with E-state index < -0.39 is 0 Å². The maximum Gasteiger partial charge on any atom is 0.251 e. The summed E-state index contributed by atoms with van der Waals surface area (Å²) in [4.78, 5) is 12.1. The van der Waals surface area contributed by atoms with E-state index in [1.165, 1.54) is 0 Å². The number of nitrogens with one attached hydrogen (secondary N) is 1. The SMILES string of the molecule is Cc1cc(C(=O)NC(C)CCc2ccco2)ccc1Br. The Hall–Kier alpha value is -1.55. The number of halogens is 1. The van der Waals surface area contributed by atoms with Crippen LogP contribution < -0.4 is 5.32 Å². The van der Waals surface area contributed by atoms with Gasteiger partial charge in [-0.2, -0.15) is 0 Å². The molecule has 0 spiro atoms. The van der Waals surface area contributed by atoms with Gasteiger partial charge in [-0.25, -0.2) is 0 Å². The molecule has 0 aliphatic rings. The van der Waals surface area contributed by atoms with Crippen molar-refractivity contribution in [3.05, 3.63) is 58.0 Å². The second kappa shape index (κ2) is 6.75. The number of aryl methyl sites for hydroxylation is 2. The first-order valence-electron chi connectivity index (χ1n) is 6.65. The molecular formula is C16H18BrNO2. The zero-order valence-electron chi connectivity index (χ0n) is 11.7. The Kier molecular flexibility index (Phi) is 5.01. The van der Waals surface area contributed by atoms with Crippen molar-refractivity contribution in [1.29, 1.82) is 0 Å². The Labute approximate surface area is 127 Å². The summed E-state index contributed by atoms with van der Waals surface area (Å²) < 4.78 is 6.30. The summed E-state index contributed by atoms with van der Waals surface area (Å²) in [5, 5.41) is 3.01. The lowest BCUT2D eigenvalue weighted by Crippen LogP contribution is -2.32. The van der Waals surface area contributed by atoms with Gasteiger partial charge in [-0.15, -0.1) is 0 Å². The van der Waals surface area contributed by atoms with Crippen molar-refractivity contribution in [2.75, 3.05) is 0 Å². The van der Waals surface area contributed by atoms with Crippen LogP contribution in [0, 0.1) is 6.92 Å². The molecule has 20 heavy (non-hydrogen) atoms. The summed E-state index contributed by atoms with van der Waals surface area (Å²) in [6, 6.07) is 9.55. The zero-order valence-corrected chi connectivity index (χ0v) is 13.2. The maximum atomic E-state index is 12.1. The molecule has 3 nitrogen and oxygen atoms in total. The number of hydrogen-bond acceptors (Lipinski definition) is 2. The second-order valence-corrected chi connectivity index (χ2v) is 5.81. The fraction of sp³-hybridized carbons (Fsp3) is 0.312. The summed E-state index contributed by atoms with van der Waals surface area (Å²) in [6.07, 6.45) is 3.35. The number of carbonyl (C=O) groups excluding carboxylic acids is 1. The smallest absolute Gasteiger partial charge is 0.251 e. The molecule has 106 valence electrons. The van der Waals surface area contributed by atoms with E-state index in [1.807, 2.05) is 44.2 Å². The van der Waals surface area contributed by atoms with Crippen LogP contribution in [0.15, 0.2) is 45.5 Å². The van der Waals surface area contributed by atoms with Gasteiger partial charge in [0.05, 0.1) is 6.26 Å². The third-order valence-corrected chi connectivity index (χ3v) is 4.09. The van der Waals surface area contributed by atoms with E-state index in [0.29, 0.717) is 5.56 Å². The van der Waals surface area contributed by atoms with Crippen molar-refractivity contribution in [3.63, 3.8) is 0 Å². The molecule has 1 aromatic heterocycles. The number of benzene rings is 1. The minimum atomic E-state index is -0.0347. The quantitative estimate of drug-likeness (QED) is 0.893. The van der Waals surface area contributed by atoms with Crippen LogP contribution in [-0.2, 0) is 6.42 Å². The van der Waals surface area contributed by atoms with Crippen molar-refractivity contribution in [2.45, 2.75) is 32.7 Å². The second-order valence-electron chi connectivity index (χ2n) is 4.96. The lowest BCUT2D eigenvalue weighted by Gasteiger charge is -2.13. The molecule has 2 aromatic rings. The number of carbonyl (C=O) groups is 1. The normalized spacial score (nSPS) is 12.2. The molecule has 0 bridgehead atoms. The van der Waals surface area contributed by atoms with Crippen LogP contribution in [0.5, 0.6) is 0 Å². The van der Waals surface area contributed by atoms with E-state index in [0.717, 1.165) is 28.6 Å². The predicted octanol–water partition coefficient (Wildman–Crippen LogP) is 4.10. The largest absolute Gasteiger partial charge is 0.469 e. The lowest BCUT2D eigenvalue weighted by molar-refractivity contribution is 0.0938. The number of furan rings is 1. The zero-order chi connectivity index (χ0) is 14.5. The topological polar surface area (TPSA) is 42.2 Å². The highest BCUT2D eigenvalue weighted by atomic mass is 79.9. The Morgan fingerprint density at radius 3 is 2.85 bits per heavy atom. The third-order valence-electron chi connectivity index (χ3n) is 3.20. The first-order valence-corrected chi connectivity index (χ1v) is 7.45. The van der Waals surface area contributed by atoms with Gasteiger partial charge in [-0.3, -0.25) is 4.79 Å². The molecule has 1 unspecified atom stereocenters. The van der Waals surface area contributed by atoms with E-state index in [9.17, 15) is 4.79 Å². The molecule has 1 heterocycles. The summed E-state index contributed by atoms with van der Waals surface area (Å²) in [5.41, 5.74) is 1.75. The average molecular weight is 336 g/mol. The molecule has 0 radical (unpaired) electrons. The van der Waals surface area contributed by atoms with Gasteiger partial charge in [0.15, 0.2) is 0 Å². The molecule has 1 N–H and O–H groups in total. The first-order chi connectivity index (χ1) is 9.56. The van der Waals surface area contributed by atoms with Gasteiger partial charge in [-0.1, -0.05) is 15.9 Å². The van der Waals surface area contributed by atoms with E-state index in [1.54, 1.807) is 6.26 Å². The van der Waals surface area contributed by atoms with E-state index in [4.69, 9.17) is 4.42 Å². The van der Waals surface area contributed by atoms with Crippen LogP contribution in [0.25, 0.3) is 0 Å². The van der Waals surface area contributed by atoms with Gasteiger partial charge >= 0.3 is 0 Å². The summed E-state index contributed by atoms with van der Waals surface area (Å²) in [6.45, 7) is 3.98. The van der Waals surface area contributed by atoms with Gasteiger partial charge in [0.1, 0.15) is 5.76 Å². The highest BCUT2D eigenvalue weighted by Crippen LogP contribution is 2.17. The van der Waals surface area contributed by atoms with Crippen molar-refractivity contribution in [1.82, 2.24) is 5.32 Å². The molecule has 2 rings (SSSR count). The fourth-order valence-corrected chi connectivity index (χ4v) is 2.23. The highest BCUT2D eigenvalue weighted by Gasteiger charge is 2.11. The molecule has 0 aliphatic heterocycles. The number of hydrogen-bond donors (Lipinski definition) is 1. The highest BCUT2D eigenvalue weighted by molar-refractivity contribution is 9.10. The van der Waals surface area contributed by atoms with Crippen LogP contribution in [0.4, 0.5) is 0 Å². The van der Waals surface area contributed by atoms with Crippen LogP contribution in [0.3, 0.4) is 0 Å². The molecule has 0 saturated heterocycles. The minimum absolute atomic E-state index is 0.0347. The summed E-state index contributed by atoms with van der Waals surface area (Å²) in [7, 11) is 0. The van der Waals surface area contributed by atoms with E-state index >= 15 is 0 Å². The van der Waals surface area contributed by atoms with Gasteiger partial charge in [0, 0.05) is 22.5 Å². The van der Waals surface area contributed by atoms with Crippen LogP contribution in [0.2, 0.25) is 0 Å². The Balaban J connectivity index is 1.88. The van der Waals surface area contributed by atoms with E-state index in [-0.39, 0.29) is 11.9 Å². The molecule has 1 amide bonds. The lowest BCUT2D eigenvalue weighted by atomic mass is 10.1. The minimum Gasteiger partial charge on any atom is -0.469 e. The Morgan fingerprint density at radius 1 is 1.40 bits per heavy atom. The monoisotopic (exact) mass is 335 g/mol. The Morgan fingerprint density at radius 2 is 2.20 bits per heavy atom. The van der Waals surface area contributed by atoms with Crippen molar-refractivity contribution in [2.24, 2.45) is 0 Å². The number of amides is 1. The van der Waals surface area contributed by atoms with Gasteiger partial charge in [-0.05, 0) is 56.2 Å². The number of rotatable bonds is 5. The average Bonchev–Trinajstić information content (AvgIpc) is 2.92. The fourth-order valence-electron chi connectivity index (χ4n) is 1.98. The van der Waals surface area contributed by atoms with Gasteiger partial charge < -0.3 is 9.73 Å². The predicted molar refractivity (Wildman–Crippen MR) is 82.8 cm³/mol. The maximum absolute atomic E-state index is 12.1.